The van der Waals surface area contributed by atoms with E-state index < -0.39 is 5.97 Å². The van der Waals surface area contributed by atoms with Gasteiger partial charge in [0.2, 0.25) is 11.8 Å². The molecule has 0 unspecified atom stereocenters. The first-order chi connectivity index (χ1) is 13.9. The van der Waals surface area contributed by atoms with Crippen LogP contribution in [0, 0.1) is 12.8 Å². The van der Waals surface area contributed by atoms with E-state index in [0.717, 1.165) is 12.8 Å². The number of rotatable bonds is 7. The molecule has 1 saturated carbocycles. The number of aromatic nitrogens is 2. The highest BCUT2D eigenvalue weighted by molar-refractivity contribution is 5.94. The molecule has 2 amide bonds. The van der Waals surface area contributed by atoms with Gasteiger partial charge in [0, 0.05) is 12.1 Å². The molecular weight excluding hydrogens is 372 g/mol. The second-order valence-corrected chi connectivity index (χ2v) is 7.44. The number of amides is 2. The molecule has 0 atom stereocenters. The minimum Gasteiger partial charge on any atom is -0.478 e. The van der Waals surface area contributed by atoms with Crippen molar-refractivity contribution < 1.29 is 19.5 Å². The minimum absolute atomic E-state index is 0.0836. The molecule has 3 N–H and O–H groups in total. The third-order valence-electron chi connectivity index (χ3n) is 5.26. The molecule has 1 heterocycles. The van der Waals surface area contributed by atoms with Crippen molar-refractivity contribution in [2.75, 3.05) is 11.9 Å². The topological polar surface area (TPSA) is 113 Å². The van der Waals surface area contributed by atoms with Gasteiger partial charge in [0.25, 0.3) is 0 Å². The highest BCUT2D eigenvalue weighted by atomic mass is 16.4. The molecule has 29 heavy (non-hydrogen) atoms. The normalized spacial score (nSPS) is 14.4. The number of nitrogens with one attached hydrogen (secondary N) is 2. The molecule has 1 aromatic carbocycles. The van der Waals surface area contributed by atoms with Crippen LogP contribution in [0.5, 0.6) is 0 Å². The Balaban J connectivity index is 1.55. The number of carbonyl (C=O) groups excluding carboxylic acids is 2. The fourth-order valence-corrected chi connectivity index (χ4v) is 3.70. The van der Waals surface area contributed by atoms with Gasteiger partial charge in [-0.05, 0) is 43.9 Å². The maximum atomic E-state index is 12.2. The molecule has 1 aliphatic carbocycles. The van der Waals surface area contributed by atoms with Gasteiger partial charge in [-0.2, -0.15) is 5.10 Å². The summed E-state index contributed by atoms with van der Waals surface area (Å²) in [4.78, 5) is 35.4. The van der Waals surface area contributed by atoms with Crippen molar-refractivity contribution in [3.63, 3.8) is 0 Å². The van der Waals surface area contributed by atoms with Gasteiger partial charge >= 0.3 is 5.97 Å². The summed E-state index contributed by atoms with van der Waals surface area (Å²) in [5, 5.41) is 18.7. The van der Waals surface area contributed by atoms with E-state index in [1.165, 1.54) is 30.1 Å². The van der Waals surface area contributed by atoms with Crippen molar-refractivity contribution in [1.82, 2.24) is 15.1 Å². The molecule has 0 radical (unpaired) electrons. The van der Waals surface area contributed by atoms with E-state index in [0.29, 0.717) is 29.4 Å². The second-order valence-electron chi connectivity index (χ2n) is 7.44. The van der Waals surface area contributed by atoms with Gasteiger partial charge in [0.15, 0.2) is 0 Å². The standard InChI is InChI=1S/C21H26N4O4/c1-14-18(21(28)29)12-23-25(14)17-9-5-8-16(11-17)24-20(27)13-22-19(26)10-15-6-3-2-4-7-15/h5,8-9,11-12,15H,2-4,6-7,10,13H2,1H3,(H,22,26)(H,24,27)(H,28,29). The maximum absolute atomic E-state index is 12.2. The molecule has 0 aliphatic heterocycles. The van der Waals surface area contributed by atoms with Gasteiger partial charge < -0.3 is 15.7 Å². The lowest BCUT2D eigenvalue weighted by Crippen LogP contribution is -2.34. The fourth-order valence-electron chi connectivity index (χ4n) is 3.70. The lowest BCUT2D eigenvalue weighted by molar-refractivity contribution is -0.125. The van der Waals surface area contributed by atoms with Gasteiger partial charge in [-0.15, -0.1) is 0 Å². The van der Waals surface area contributed by atoms with Crippen molar-refractivity contribution in [3.8, 4) is 5.69 Å². The van der Waals surface area contributed by atoms with E-state index >= 15 is 0 Å². The minimum atomic E-state index is -1.04. The molecule has 0 saturated heterocycles. The first-order valence-corrected chi connectivity index (χ1v) is 9.89. The van der Waals surface area contributed by atoms with E-state index in [9.17, 15) is 14.4 Å². The summed E-state index contributed by atoms with van der Waals surface area (Å²) in [5.41, 5.74) is 1.80. The van der Waals surface area contributed by atoms with Crippen molar-refractivity contribution in [2.24, 2.45) is 5.92 Å². The molecule has 0 bridgehead atoms. The van der Waals surface area contributed by atoms with E-state index in [-0.39, 0.29) is 23.9 Å². The number of anilines is 1. The highest BCUT2D eigenvalue weighted by Gasteiger charge is 2.18. The summed E-state index contributed by atoms with van der Waals surface area (Å²) < 4.78 is 1.51. The van der Waals surface area contributed by atoms with Crippen molar-refractivity contribution in [1.29, 1.82) is 0 Å². The van der Waals surface area contributed by atoms with Crippen LogP contribution in [0.3, 0.4) is 0 Å². The number of nitrogens with zero attached hydrogens (tertiary/aromatic N) is 2. The quantitative estimate of drug-likeness (QED) is 0.664. The molecule has 8 nitrogen and oxygen atoms in total. The van der Waals surface area contributed by atoms with E-state index in [1.807, 2.05) is 0 Å². The average Bonchev–Trinajstić information content (AvgIpc) is 3.09. The van der Waals surface area contributed by atoms with E-state index in [4.69, 9.17) is 5.11 Å². The molecule has 1 fully saturated rings. The number of carboxylic acid groups (broad SMARTS) is 1. The molecule has 1 aliphatic rings. The Hall–Kier alpha value is -3.16. The van der Waals surface area contributed by atoms with Crippen LogP contribution in [-0.2, 0) is 9.59 Å². The molecule has 0 spiro atoms. The number of hydrogen-bond acceptors (Lipinski definition) is 4. The number of aromatic carboxylic acids is 1. The van der Waals surface area contributed by atoms with Gasteiger partial charge in [-0.1, -0.05) is 25.3 Å². The Labute approximate surface area is 169 Å². The van der Waals surface area contributed by atoms with Crippen LogP contribution in [-0.4, -0.2) is 39.2 Å². The second kappa shape index (κ2) is 9.36. The van der Waals surface area contributed by atoms with Crippen LogP contribution in [0.15, 0.2) is 30.5 Å². The van der Waals surface area contributed by atoms with Crippen molar-refractivity contribution in [3.05, 3.63) is 41.7 Å². The summed E-state index contributed by atoms with van der Waals surface area (Å²) in [6.07, 6.45) is 7.55. The van der Waals surface area contributed by atoms with Crippen LogP contribution in [0.25, 0.3) is 5.69 Å². The third-order valence-corrected chi connectivity index (χ3v) is 5.26. The summed E-state index contributed by atoms with van der Waals surface area (Å²) in [6.45, 7) is 1.59. The van der Waals surface area contributed by atoms with Crippen LogP contribution in [0.1, 0.15) is 54.6 Å². The third kappa shape index (κ3) is 5.43. The number of hydrogen-bond donors (Lipinski definition) is 3. The molecule has 1 aromatic heterocycles. The largest absolute Gasteiger partial charge is 0.478 e. The van der Waals surface area contributed by atoms with Crippen LogP contribution < -0.4 is 10.6 Å². The number of carbonyl (C=O) groups is 3. The summed E-state index contributed by atoms with van der Waals surface area (Å²) in [7, 11) is 0. The number of benzene rings is 1. The zero-order valence-electron chi connectivity index (χ0n) is 16.5. The summed E-state index contributed by atoms with van der Waals surface area (Å²) in [6, 6.07) is 6.94. The fraction of sp³-hybridized carbons (Fsp3) is 0.429. The monoisotopic (exact) mass is 398 g/mol. The van der Waals surface area contributed by atoms with Gasteiger partial charge in [0.05, 0.1) is 24.1 Å². The molecule has 8 heteroatoms. The Kier molecular flexibility index (Phi) is 6.64. The van der Waals surface area contributed by atoms with Crippen LogP contribution in [0.4, 0.5) is 5.69 Å². The first kappa shape index (κ1) is 20.6. The summed E-state index contributed by atoms with van der Waals surface area (Å²) in [5.74, 6) is -1.02. The average molecular weight is 398 g/mol. The lowest BCUT2D eigenvalue weighted by atomic mass is 9.87. The van der Waals surface area contributed by atoms with Gasteiger partial charge in [-0.25, -0.2) is 9.48 Å². The zero-order valence-corrected chi connectivity index (χ0v) is 16.5. The van der Waals surface area contributed by atoms with Crippen molar-refractivity contribution in [2.45, 2.75) is 45.4 Å². The molecule has 154 valence electrons. The Morgan fingerprint density at radius 2 is 1.93 bits per heavy atom. The molecular formula is C21H26N4O4. The van der Waals surface area contributed by atoms with Crippen LogP contribution in [0.2, 0.25) is 0 Å². The molecule has 2 aromatic rings. The summed E-state index contributed by atoms with van der Waals surface area (Å²) >= 11 is 0. The SMILES string of the molecule is Cc1c(C(=O)O)cnn1-c1cccc(NC(=O)CNC(=O)CC2CCCCC2)c1. The highest BCUT2D eigenvalue weighted by Crippen LogP contribution is 2.26. The predicted octanol–water partition coefficient (Wildman–Crippen LogP) is 2.90. The zero-order chi connectivity index (χ0) is 20.8. The Bertz CT molecular complexity index is 900. The lowest BCUT2D eigenvalue weighted by Gasteiger charge is -2.20. The Morgan fingerprint density at radius 3 is 2.62 bits per heavy atom. The molecule has 3 rings (SSSR count). The smallest absolute Gasteiger partial charge is 0.339 e. The van der Waals surface area contributed by atoms with Crippen molar-refractivity contribution >= 4 is 23.5 Å². The number of carboxylic acids is 1. The van der Waals surface area contributed by atoms with E-state index in [2.05, 4.69) is 15.7 Å². The van der Waals surface area contributed by atoms with Crippen LogP contribution >= 0.6 is 0 Å². The maximum Gasteiger partial charge on any atom is 0.339 e. The van der Waals surface area contributed by atoms with Gasteiger partial charge in [-0.3, -0.25) is 9.59 Å². The first-order valence-electron chi connectivity index (χ1n) is 9.89. The predicted molar refractivity (Wildman–Crippen MR) is 108 cm³/mol. The Morgan fingerprint density at radius 1 is 1.17 bits per heavy atom. The van der Waals surface area contributed by atoms with Gasteiger partial charge in [0.1, 0.15) is 5.56 Å². The van der Waals surface area contributed by atoms with E-state index in [1.54, 1.807) is 31.2 Å².